The lowest BCUT2D eigenvalue weighted by Gasteiger charge is -2.10. The molecule has 17 heavy (non-hydrogen) atoms. The van der Waals surface area contributed by atoms with Crippen LogP contribution in [0.2, 0.25) is 0 Å². The Hall–Kier alpha value is -0.870. The lowest BCUT2D eigenvalue weighted by molar-refractivity contribution is 0.102. The highest BCUT2D eigenvalue weighted by Gasteiger charge is 2.20. The maximum absolute atomic E-state index is 5.59. The van der Waals surface area contributed by atoms with Gasteiger partial charge in [0.25, 0.3) is 0 Å². The fraction of sp³-hybridized carbons (Fsp3) is 0.769. The zero-order chi connectivity index (χ0) is 12.1. The second-order valence-corrected chi connectivity index (χ2v) is 5.16. The SMILES string of the molecule is CC(C)COCCn1ccnc1CNC1CC1. The Balaban J connectivity index is 1.69. The van der Waals surface area contributed by atoms with Gasteiger partial charge in [0.15, 0.2) is 0 Å². The molecule has 1 fully saturated rings. The van der Waals surface area contributed by atoms with E-state index < -0.39 is 0 Å². The van der Waals surface area contributed by atoms with Crippen LogP contribution in [-0.2, 0) is 17.8 Å². The highest BCUT2D eigenvalue weighted by molar-refractivity contribution is 4.94. The first-order valence-corrected chi connectivity index (χ1v) is 6.57. The summed E-state index contributed by atoms with van der Waals surface area (Å²) < 4.78 is 7.77. The summed E-state index contributed by atoms with van der Waals surface area (Å²) in [5.41, 5.74) is 0. The molecule has 1 N–H and O–H groups in total. The van der Waals surface area contributed by atoms with E-state index in [4.69, 9.17) is 4.74 Å². The van der Waals surface area contributed by atoms with Gasteiger partial charge in [-0.3, -0.25) is 0 Å². The number of nitrogens with zero attached hydrogens (tertiary/aromatic N) is 2. The maximum Gasteiger partial charge on any atom is 0.122 e. The Labute approximate surface area is 103 Å². The van der Waals surface area contributed by atoms with Gasteiger partial charge in [0.05, 0.1) is 13.2 Å². The molecule has 1 aromatic heterocycles. The van der Waals surface area contributed by atoms with Gasteiger partial charge in [-0.1, -0.05) is 13.8 Å². The summed E-state index contributed by atoms with van der Waals surface area (Å²) >= 11 is 0. The van der Waals surface area contributed by atoms with Crippen molar-refractivity contribution in [3.05, 3.63) is 18.2 Å². The second-order valence-electron chi connectivity index (χ2n) is 5.16. The molecule has 1 aromatic rings. The van der Waals surface area contributed by atoms with E-state index in [1.54, 1.807) is 0 Å². The standard InChI is InChI=1S/C13H23N3O/c1-11(2)10-17-8-7-16-6-5-14-13(16)9-15-12-3-4-12/h5-6,11-12,15H,3-4,7-10H2,1-2H3. The summed E-state index contributed by atoms with van der Waals surface area (Å²) in [6.45, 7) is 7.72. The summed E-state index contributed by atoms with van der Waals surface area (Å²) in [5, 5.41) is 3.48. The molecule has 96 valence electrons. The lowest BCUT2D eigenvalue weighted by Crippen LogP contribution is -2.20. The van der Waals surface area contributed by atoms with E-state index >= 15 is 0 Å². The van der Waals surface area contributed by atoms with Gasteiger partial charge in [0.2, 0.25) is 0 Å². The third-order valence-electron chi connectivity index (χ3n) is 2.86. The van der Waals surface area contributed by atoms with Crippen LogP contribution < -0.4 is 5.32 Å². The average Bonchev–Trinajstić information content (AvgIpc) is 3.02. The molecule has 1 heterocycles. The summed E-state index contributed by atoms with van der Waals surface area (Å²) in [4.78, 5) is 4.37. The van der Waals surface area contributed by atoms with Crippen LogP contribution in [0, 0.1) is 5.92 Å². The molecule has 2 rings (SSSR count). The molecule has 1 aliphatic rings. The van der Waals surface area contributed by atoms with Gasteiger partial charge in [-0.15, -0.1) is 0 Å². The second kappa shape index (κ2) is 6.17. The number of hydrogen-bond acceptors (Lipinski definition) is 3. The minimum absolute atomic E-state index is 0.605. The molecule has 0 atom stereocenters. The zero-order valence-corrected chi connectivity index (χ0v) is 10.9. The quantitative estimate of drug-likeness (QED) is 0.701. The molecule has 0 amide bonds. The van der Waals surface area contributed by atoms with E-state index in [-0.39, 0.29) is 0 Å². The smallest absolute Gasteiger partial charge is 0.122 e. The van der Waals surface area contributed by atoms with E-state index in [1.165, 1.54) is 12.8 Å². The number of aromatic nitrogens is 2. The molecule has 0 unspecified atom stereocenters. The van der Waals surface area contributed by atoms with Gasteiger partial charge < -0.3 is 14.6 Å². The van der Waals surface area contributed by atoms with Gasteiger partial charge >= 0.3 is 0 Å². The minimum atomic E-state index is 0.605. The van der Waals surface area contributed by atoms with Crippen LogP contribution in [0.25, 0.3) is 0 Å². The molecular formula is C13H23N3O. The molecule has 0 bridgehead atoms. The molecule has 0 spiro atoms. The molecule has 0 radical (unpaired) electrons. The van der Waals surface area contributed by atoms with Gasteiger partial charge in [-0.25, -0.2) is 4.98 Å². The molecule has 0 saturated heterocycles. The normalized spacial score (nSPS) is 15.7. The van der Waals surface area contributed by atoms with Gasteiger partial charge in [0.1, 0.15) is 5.82 Å². The number of ether oxygens (including phenoxy) is 1. The maximum atomic E-state index is 5.59. The first kappa shape index (κ1) is 12.6. The van der Waals surface area contributed by atoms with Crippen LogP contribution in [0.3, 0.4) is 0 Å². The molecule has 0 aromatic carbocycles. The van der Waals surface area contributed by atoms with Crippen LogP contribution in [-0.4, -0.2) is 28.8 Å². The summed E-state index contributed by atoms with van der Waals surface area (Å²) in [7, 11) is 0. The summed E-state index contributed by atoms with van der Waals surface area (Å²) in [6, 6.07) is 0.734. The molecular weight excluding hydrogens is 214 g/mol. The molecule has 0 aliphatic heterocycles. The van der Waals surface area contributed by atoms with Gasteiger partial charge in [-0.2, -0.15) is 0 Å². The van der Waals surface area contributed by atoms with Crippen LogP contribution >= 0.6 is 0 Å². The van der Waals surface area contributed by atoms with Gasteiger partial charge in [0, 0.05) is 31.6 Å². The summed E-state index contributed by atoms with van der Waals surface area (Å²) in [5.74, 6) is 1.72. The van der Waals surface area contributed by atoms with Crippen molar-refractivity contribution in [1.82, 2.24) is 14.9 Å². The predicted octanol–water partition coefficient (Wildman–Crippen LogP) is 1.81. The van der Waals surface area contributed by atoms with Crippen molar-refractivity contribution in [2.45, 2.75) is 45.8 Å². The van der Waals surface area contributed by atoms with Crippen LogP contribution in [0.1, 0.15) is 32.5 Å². The largest absolute Gasteiger partial charge is 0.379 e. The van der Waals surface area contributed by atoms with Crippen molar-refractivity contribution in [2.24, 2.45) is 5.92 Å². The van der Waals surface area contributed by atoms with Crippen molar-refractivity contribution in [3.8, 4) is 0 Å². The highest BCUT2D eigenvalue weighted by atomic mass is 16.5. The molecule has 4 heteroatoms. The van der Waals surface area contributed by atoms with Crippen molar-refractivity contribution in [2.75, 3.05) is 13.2 Å². The molecule has 1 saturated carbocycles. The van der Waals surface area contributed by atoms with Crippen molar-refractivity contribution >= 4 is 0 Å². The number of hydrogen-bond donors (Lipinski definition) is 1. The van der Waals surface area contributed by atoms with Crippen molar-refractivity contribution < 1.29 is 4.74 Å². The van der Waals surface area contributed by atoms with E-state index in [2.05, 4.69) is 28.7 Å². The Kier molecular flexibility index (Phi) is 4.57. The Bertz CT molecular complexity index is 331. The Morgan fingerprint density at radius 2 is 2.35 bits per heavy atom. The van der Waals surface area contributed by atoms with E-state index in [0.717, 1.165) is 38.2 Å². The minimum Gasteiger partial charge on any atom is -0.379 e. The topological polar surface area (TPSA) is 39.1 Å². The first-order valence-electron chi connectivity index (χ1n) is 6.57. The van der Waals surface area contributed by atoms with Gasteiger partial charge in [-0.05, 0) is 18.8 Å². The average molecular weight is 237 g/mol. The number of imidazole rings is 1. The first-order chi connectivity index (χ1) is 8.25. The van der Waals surface area contributed by atoms with Crippen molar-refractivity contribution in [3.63, 3.8) is 0 Å². The molecule has 1 aliphatic carbocycles. The van der Waals surface area contributed by atoms with E-state index in [1.807, 2.05) is 12.4 Å². The van der Waals surface area contributed by atoms with Crippen LogP contribution in [0.5, 0.6) is 0 Å². The molecule has 4 nitrogen and oxygen atoms in total. The fourth-order valence-corrected chi connectivity index (χ4v) is 1.72. The van der Waals surface area contributed by atoms with E-state index in [0.29, 0.717) is 5.92 Å². The Morgan fingerprint density at radius 3 is 3.06 bits per heavy atom. The third kappa shape index (κ3) is 4.48. The third-order valence-corrected chi connectivity index (χ3v) is 2.86. The van der Waals surface area contributed by atoms with Crippen LogP contribution in [0.15, 0.2) is 12.4 Å². The number of rotatable bonds is 8. The van der Waals surface area contributed by atoms with Crippen LogP contribution in [0.4, 0.5) is 0 Å². The predicted molar refractivity (Wildman–Crippen MR) is 67.7 cm³/mol. The summed E-state index contributed by atoms with van der Waals surface area (Å²) in [6.07, 6.45) is 6.53. The number of nitrogens with one attached hydrogen (secondary N) is 1. The fourth-order valence-electron chi connectivity index (χ4n) is 1.72. The highest BCUT2D eigenvalue weighted by Crippen LogP contribution is 2.19. The monoisotopic (exact) mass is 237 g/mol. The lowest BCUT2D eigenvalue weighted by atomic mass is 10.2. The van der Waals surface area contributed by atoms with E-state index in [9.17, 15) is 0 Å². The van der Waals surface area contributed by atoms with Crippen molar-refractivity contribution in [1.29, 1.82) is 0 Å². The zero-order valence-electron chi connectivity index (χ0n) is 10.9. The Morgan fingerprint density at radius 1 is 1.53 bits per heavy atom.